The molecule has 1 unspecified atom stereocenters. The largest absolute Gasteiger partial charge is 0.382 e. The molecule has 17 heavy (non-hydrogen) atoms. The molecule has 0 bridgehead atoms. The van der Waals surface area contributed by atoms with Crippen molar-refractivity contribution in [3.05, 3.63) is 0 Å². The topological polar surface area (TPSA) is 27.7 Å². The van der Waals surface area contributed by atoms with Crippen molar-refractivity contribution in [3.8, 4) is 0 Å². The molecule has 4 heteroatoms. The summed E-state index contributed by atoms with van der Waals surface area (Å²) in [7, 11) is -1.61. The number of hydrogen-bond acceptors (Lipinski definition) is 3. The first kappa shape index (κ1) is 12.3. The lowest BCUT2D eigenvalue weighted by molar-refractivity contribution is -0.160. The van der Waals surface area contributed by atoms with Gasteiger partial charge in [0.25, 0.3) is 0 Å². The van der Waals surface area contributed by atoms with Gasteiger partial charge in [-0.25, -0.2) is 0 Å². The second-order valence-electron chi connectivity index (χ2n) is 5.23. The molecule has 1 rings (SSSR count). The highest BCUT2D eigenvalue weighted by Gasteiger charge is 2.38. The lowest BCUT2D eigenvalue weighted by Crippen LogP contribution is -2.48. The van der Waals surface area contributed by atoms with Crippen LogP contribution < -0.4 is 0 Å². The Morgan fingerprint density at radius 2 is 1.76 bits per heavy atom. The zero-order chi connectivity index (χ0) is 14.6. The molecule has 0 aliphatic carbocycles. The number of rotatable bonds is 5. The van der Waals surface area contributed by atoms with E-state index in [4.69, 9.17) is 16.7 Å². The molecule has 0 saturated carbocycles. The molecule has 1 fully saturated rings. The Labute approximate surface area is 110 Å². The van der Waals surface area contributed by atoms with Gasteiger partial charge in [-0.1, -0.05) is 20.8 Å². The highest BCUT2D eigenvalue weighted by Crippen LogP contribution is 2.37. The van der Waals surface area contributed by atoms with Crippen LogP contribution in [0.1, 0.15) is 23.5 Å². The van der Waals surface area contributed by atoms with Gasteiger partial charge in [0.1, 0.15) is 0 Å². The molecule has 1 aliphatic heterocycles. The molecule has 6 atom stereocenters. The molecule has 0 spiro atoms. The van der Waals surface area contributed by atoms with Crippen molar-refractivity contribution in [3.63, 3.8) is 0 Å². The summed E-state index contributed by atoms with van der Waals surface area (Å²) in [6.07, 6.45) is 0.0394. The second-order valence-corrected chi connectivity index (χ2v) is 7.11. The summed E-state index contributed by atoms with van der Waals surface area (Å²) in [4.78, 5) is 0. The Morgan fingerprint density at radius 3 is 2.29 bits per heavy atom. The van der Waals surface area contributed by atoms with Gasteiger partial charge in [0.05, 0.1) is 28.2 Å². The second kappa shape index (κ2) is 7.04. The van der Waals surface area contributed by atoms with Crippen LogP contribution in [0.5, 0.6) is 0 Å². The summed E-state index contributed by atoms with van der Waals surface area (Å²) in [5.41, 5.74) is 0. The highest BCUT2D eigenvalue weighted by molar-refractivity contribution is 7.50. The Balaban J connectivity index is 2.57. The molecular formula is C13H27O3P. The van der Waals surface area contributed by atoms with Crippen LogP contribution in [-0.2, 0) is 14.0 Å². The quantitative estimate of drug-likeness (QED) is 0.715. The van der Waals surface area contributed by atoms with Crippen molar-refractivity contribution >= 4 is 8.15 Å². The maximum atomic E-state index is 7.11. The fraction of sp³-hybridized carbons (Fsp3) is 1.00. The van der Waals surface area contributed by atoms with Crippen LogP contribution in [0.25, 0.3) is 0 Å². The minimum Gasteiger partial charge on any atom is -0.382 e. The fourth-order valence-electron chi connectivity index (χ4n) is 2.33. The van der Waals surface area contributed by atoms with Crippen molar-refractivity contribution < 1.29 is 16.7 Å². The average molecular weight is 265 g/mol. The molecule has 1 aliphatic rings. The molecule has 1 saturated heterocycles. The molecule has 0 radical (unpaired) electrons. The van der Waals surface area contributed by atoms with Gasteiger partial charge in [-0.3, -0.25) is 0 Å². The van der Waals surface area contributed by atoms with E-state index in [1.165, 1.54) is 0 Å². The monoisotopic (exact) mass is 265 g/mol. The van der Waals surface area contributed by atoms with E-state index in [0.29, 0.717) is 31.0 Å². The van der Waals surface area contributed by atoms with E-state index in [2.05, 4.69) is 34.1 Å². The van der Waals surface area contributed by atoms with Crippen LogP contribution in [0.4, 0.5) is 0 Å². The van der Waals surface area contributed by atoms with E-state index in [9.17, 15) is 0 Å². The van der Waals surface area contributed by atoms with Crippen molar-refractivity contribution in [2.45, 2.75) is 33.0 Å². The van der Waals surface area contributed by atoms with E-state index >= 15 is 0 Å². The van der Waals surface area contributed by atoms with Gasteiger partial charge < -0.3 is 14.0 Å². The Bertz CT molecular complexity index is 242. The summed E-state index contributed by atoms with van der Waals surface area (Å²) in [6, 6.07) is 0. The Hall–Kier alpha value is 0.310. The smallest absolute Gasteiger partial charge is 0.0845 e. The van der Waals surface area contributed by atoms with Gasteiger partial charge in [-0.2, -0.15) is 0 Å². The number of hydrogen-bond donors (Lipinski definition) is 0. The SMILES string of the molecule is [2H]C([3H])OC[C@H]1O[C@@H](COP(C)C)[C@@H](C)[C@H](C)[C@@H]1C. The molecule has 3 nitrogen and oxygen atoms in total. The third-order valence-corrected chi connectivity index (χ3v) is 4.60. The third kappa shape index (κ3) is 4.17. The Kier molecular flexibility index (Phi) is 5.11. The predicted molar refractivity (Wildman–Crippen MR) is 72.7 cm³/mol. The van der Waals surface area contributed by atoms with Crippen LogP contribution in [0, 0.1) is 17.8 Å². The summed E-state index contributed by atoms with van der Waals surface area (Å²) in [6.45, 7) is 11.7. The molecule has 1 heterocycles. The normalized spacial score (nSPS) is 42.1. The summed E-state index contributed by atoms with van der Waals surface area (Å²) < 4.78 is 31.1. The summed E-state index contributed by atoms with van der Waals surface area (Å²) >= 11 is 0. The van der Waals surface area contributed by atoms with Gasteiger partial charge in [-0.05, 0) is 31.1 Å². The van der Waals surface area contributed by atoms with Crippen molar-refractivity contribution in [2.24, 2.45) is 17.8 Å². The molecular weight excluding hydrogens is 235 g/mol. The molecule has 0 amide bonds. The molecule has 0 aromatic rings. The number of methoxy groups -OCH3 is 1. The van der Waals surface area contributed by atoms with Crippen LogP contribution in [0.2, 0.25) is 0 Å². The predicted octanol–water partition coefficient (Wildman–Crippen LogP) is 2.98. The highest BCUT2D eigenvalue weighted by atomic mass is 31.1. The first-order valence-electron chi connectivity index (χ1n) is 7.40. The van der Waals surface area contributed by atoms with Gasteiger partial charge in [-0.15, -0.1) is 0 Å². The van der Waals surface area contributed by atoms with Crippen molar-refractivity contribution in [2.75, 3.05) is 33.6 Å². The first-order valence-corrected chi connectivity index (χ1v) is 8.40. The molecule has 0 N–H and O–H groups in total. The van der Waals surface area contributed by atoms with Crippen LogP contribution in [0.3, 0.4) is 0 Å². The average Bonchev–Trinajstić information content (AvgIpc) is 2.33. The maximum absolute atomic E-state index is 7.11. The molecule has 0 aromatic heterocycles. The molecule has 102 valence electrons. The van der Waals surface area contributed by atoms with E-state index in [1.54, 1.807) is 0 Å². The van der Waals surface area contributed by atoms with Crippen LogP contribution in [-0.4, -0.2) is 45.8 Å². The van der Waals surface area contributed by atoms with E-state index < -0.39 is 7.06 Å². The first-order chi connectivity index (χ1) is 8.82. The van der Waals surface area contributed by atoms with Gasteiger partial charge in [0, 0.05) is 15.2 Å². The Morgan fingerprint density at radius 1 is 1.18 bits per heavy atom. The van der Waals surface area contributed by atoms with E-state index in [1.807, 2.05) is 0 Å². The standard InChI is InChI=1S/C13H27O3P/c1-9-10(2)12(7-14-4)16-13(11(9)3)8-15-17(5)6/h9-13H,7-8H2,1-6H3/t9-,10+,11+,12-,13+/m1/s1/i4TD/t4?,9-,10+,11+,12-,13+. The van der Waals surface area contributed by atoms with E-state index in [0.717, 1.165) is 0 Å². The van der Waals surface area contributed by atoms with E-state index in [-0.39, 0.29) is 20.4 Å². The summed E-state index contributed by atoms with van der Waals surface area (Å²) in [5, 5.41) is 0. The van der Waals surface area contributed by atoms with Crippen molar-refractivity contribution in [1.29, 1.82) is 0 Å². The third-order valence-electron chi connectivity index (χ3n) is 3.94. The lowest BCUT2D eigenvalue weighted by Gasteiger charge is -2.43. The maximum Gasteiger partial charge on any atom is 0.0845 e. The van der Waals surface area contributed by atoms with Crippen molar-refractivity contribution in [1.82, 2.24) is 0 Å². The van der Waals surface area contributed by atoms with Gasteiger partial charge in [0.15, 0.2) is 0 Å². The minimum atomic E-state index is -1.24. The summed E-state index contributed by atoms with van der Waals surface area (Å²) in [5.74, 6) is 1.34. The van der Waals surface area contributed by atoms with Gasteiger partial charge in [0.2, 0.25) is 0 Å². The molecule has 0 aromatic carbocycles. The lowest BCUT2D eigenvalue weighted by atomic mass is 9.77. The number of ether oxygens (including phenoxy) is 2. The van der Waals surface area contributed by atoms with Crippen LogP contribution in [0.15, 0.2) is 0 Å². The zero-order valence-corrected chi connectivity index (χ0v) is 12.4. The minimum absolute atomic E-state index is 0.0436. The van der Waals surface area contributed by atoms with Gasteiger partial charge >= 0.3 is 0 Å². The zero-order valence-electron chi connectivity index (χ0n) is 13.6. The fourth-order valence-corrected chi connectivity index (χ4v) is 2.77. The van der Waals surface area contributed by atoms with Crippen LogP contribution >= 0.6 is 8.15 Å².